The van der Waals surface area contributed by atoms with Gasteiger partial charge in [-0.3, -0.25) is 19.9 Å². The maximum Gasteiger partial charge on any atom is 0.270 e. The third-order valence-corrected chi connectivity index (χ3v) is 6.36. The largest absolute Gasteiger partial charge is 0.481 e. The van der Waals surface area contributed by atoms with Crippen molar-refractivity contribution in [3.63, 3.8) is 0 Å². The molecule has 11 heteroatoms. The maximum absolute atomic E-state index is 12.5. The average Bonchev–Trinajstić information content (AvgIpc) is 3.30. The lowest BCUT2D eigenvalue weighted by Gasteiger charge is -2.21. The second kappa shape index (κ2) is 9.74. The number of hydrogen-bond acceptors (Lipinski definition) is 7. The van der Waals surface area contributed by atoms with Crippen molar-refractivity contribution in [2.45, 2.75) is 25.3 Å². The van der Waals surface area contributed by atoms with E-state index in [-0.39, 0.29) is 17.6 Å². The van der Waals surface area contributed by atoms with Crippen molar-refractivity contribution in [1.82, 2.24) is 25.1 Å². The van der Waals surface area contributed by atoms with E-state index in [2.05, 4.69) is 15.3 Å². The van der Waals surface area contributed by atoms with E-state index in [1.54, 1.807) is 24.1 Å². The Balaban J connectivity index is 1.31. The van der Waals surface area contributed by atoms with Crippen molar-refractivity contribution < 1.29 is 14.5 Å². The number of ether oxygens (including phenoxy) is 1. The quantitative estimate of drug-likeness (QED) is 0.238. The third-order valence-electron chi connectivity index (χ3n) is 6.02. The van der Waals surface area contributed by atoms with Gasteiger partial charge in [0, 0.05) is 53.3 Å². The maximum atomic E-state index is 12.5. The summed E-state index contributed by atoms with van der Waals surface area (Å²) in [5.41, 5.74) is 4.56. The van der Waals surface area contributed by atoms with E-state index < -0.39 is 4.92 Å². The summed E-state index contributed by atoms with van der Waals surface area (Å²) in [6.45, 7) is 0. The number of pyridine rings is 2. The molecule has 0 aliphatic heterocycles. The lowest BCUT2D eigenvalue weighted by Crippen LogP contribution is -2.37. The molecule has 3 heterocycles. The van der Waals surface area contributed by atoms with Gasteiger partial charge in [-0.2, -0.15) is 5.10 Å². The standard InChI is InChI=1S/C25H21ClN6O4/c1-36-24-9-7-21-25(29-24)22(10-11-27-21)31-14-16-12-17(3-6-20(16)30-31)28-23(33)8-2-15-13-18(32(34)35)4-5-19(15)26/h2,4-5,7-11,13-14,17H,3,6,12H2,1H3,(H,28,33). The van der Waals surface area contributed by atoms with Crippen molar-refractivity contribution in [3.05, 3.63) is 86.8 Å². The number of hydrogen-bond donors (Lipinski definition) is 1. The number of aromatic nitrogens is 4. The Morgan fingerprint density at radius 1 is 1.31 bits per heavy atom. The van der Waals surface area contributed by atoms with Crippen LogP contribution < -0.4 is 10.1 Å². The van der Waals surface area contributed by atoms with Gasteiger partial charge in [-0.05, 0) is 49.1 Å². The molecule has 0 saturated heterocycles. The minimum atomic E-state index is -0.505. The van der Waals surface area contributed by atoms with Crippen LogP contribution in [0.2, 0.25) is 5.02 Å². The number of rotatable bonds is 6. The number of nitro benzene ring substituents is 1. The summed E-state index contributed by atoms with van der Waals surface area (Å²) < 4.78 is 7.07. The van der Waals surface area contributed by atoms with Crippen LogP contribution in [0.4, 0.5) is 5.69 Å². The summed E-state index contributed by atoms with van der Waals surface area (Å²) >= 11 is 6.11. The van der Waals surface area contributed by atoms with Crippen LogP contribution in [0.3, 0.4) is 0 Å². The van der Waals surface area contributed by atoms with Crippen LogP contribution in [-0.4, -0.2) is 43.7 Å². The molecule has 4 aromatic rings. The minimum Gasteiger partial charge on any atom is -0.481 e. The van der Waals surface area contributed by atoms with E-state index in [1.165, 1.54) is 30.4 Å². The summed E-state index contributed by atoms with van der Waals surface area (Å²) in [6.07, 6.45) is 8.58. The lowest BCUT2D eigenvalue weighted by molar-refractivity contribution is -0.384. The van der Waals surface area contributed by atoms with Crippen molar-refractivity contribution in [2.75, 3.05) is 7.11 Å². The number of nitrogens with one attached hydrogen (secondary N) is 1. The number of halogens is 1. The number of methoxy groups -OCH3 is 1. The van der Waals surface area contributed by atoms with Gasteiger partial charge < -0.3 is 10.1 Å². The normalized spacial score (nSPS) is 15.1. The number of carbonyl (C=O) groups is 1. The summed E-state index contributed by atoms with van der Waals surface area (Å²) in [4.78, 5) is 31.9. The highest BCUT2D eigenvalue weighted by molar-refractivity contribution is 6.32. The van der Waals surface area contributed by atoms with Gasteiger partial charge in [0.05, 0.1) is 28.9 Å². The highest BCUT2D eigenvalue weighted by atomic mass is 35.5. The van der Waals surface area contributed by atoms with Crippen LogP contribution in [-0.2, 0) is 17.6 Å². The number of benzene rings is 1. The molecule has 10 nitrogen and oxygen atoms in total. The van der Waals surface area contributed by atoms with E-state index in [0.29, 0.717) is 34.8 Å². The molecule has 1 unspecified atom stereocenters. The molecule has 3 aromatic heterocycles. The van der Waals surface area contributed by atoms with Crippen molar-refractivity contribution >= 4 is 40.3 Å². The second-order valence-corrected chi connectivity index (χ2v) is 8.75. The summed E-state index contributed by atoms with van der Waals surface area (Å²) in [5.74, 6) is 0.200. The molecule has 0 fully saturated rings. The van der Waals surface area contributed by atoms with Crippen molar-refractivity contribution in [1.29, 1.82) is 0 Å². The van der Waals surface area contributed by atoms with Gasteiger partial charge in [-0.25, -0.2) is 9.67 Å². The fraction of sp³-hybridized carbons (Fsp3) is 0.200. The molecule has 1 aromatic carbocycles. The number of non-ortho nitro benzene ring substituents is 1. The number of nitro groups is 1. The Morgan fingerprint density at radius 2 is 2.17 bits per heavy atom. The number of carbonyl (C=O) groups excluding carboxylic acids is 1. The van der Waals surface area contributed by atoms with Gasteiger partial charge in [-0.1, -0.05) is 11.6 Å². The van der Waals surface area contributed by atoms with Crippen LogP contribution >= 0.6 is 11.6 Å². The lowest BCUT2D eigenvalue weighted by atomic mass is 9.93. The first-order valence-corrected chi connectivity index (χ1v) is 11.6. The highest BCUT2D eigenvalue weighted by Gasteiger charge is 2.23. The van der Waals surface area contributed by atoms with E-state index in [4.69, 9.17) is 21.4 Å². The minimum absolute atomic E-state index is 0.0692. The number of nitrogens with zero attached hydrogens (tertiary/aromatic N) is 5. The van der Waals surface area contributed by atoms with Gasteiger partial charge in [-0.15, -0.1) is 0 Å². The summed E-state index contributed by atoms with van der Waals surface area (Å²) in [7, 11) is 1.57. The van der Waals surface area contributed by atoms with Crippen molar-refractivity contribution in [3.8, 4) is 11.6 Å². The van der Waals surface area contributed by atoms with Crippen LogP contribution in [0.15, 0.2) is 54.9 Å². The van der Waals surface area contributed by atoms with E-state index in [1.807, 2.05) is 18.3 Å². The van der Waals surface area contributed by atoms with E-state index in [0.717, 1.165) is 28.9 Å². The van der Waals surface area contributed by atoms with E-state index in [9.17, 15) is 14.9 Å². The molecule has 1 aliphatic carbocycles. The molecule has 1 N–H and O–H groups in total. The summed E-state index contributed by atoms with van der Waals surface area (Å²) in [5, 5.41) is 19.1. The van der Waals surface area contributed by atoms with Crippen molar-refractivity contribution in [2.24, 2.45) is 0 Å². The Bertz CT molecular complexity index is 1520. The van der Waals surface area contributed by atoms with Gasteiger partial charge >= 0.3 is 0 Å². The Morgan fingerprint density at radius 3 is 2.97 bits per heavy atom. The predicted octanol–water partition coefficient (Wildman–Crippen LogP) is 4.07. The van der Waals surface area contributed by atoms with Crippen LogP contribution in [0, 0.1) is 10.1 Å². The molecule has 1 atom stereocenters. The van der Waals surface area contributed by atoms with Crippen LogP contribution in [0.1, 0.15) is 23.2 Å². The zero-order valence-corrected chi connectivity index (χ0v) is 20.0. The first-order valence-electron chi connectivity index (χ1n) is 11.2. The number of amides is 1. The fourth-order valence-corrected chi connectivity index (χ4v) is 4.41. The molecule has 0 saturated carbocycles. The Kier molecular flexibility index (Phi) is 6.34. The molecule has 1 aliphatic rings. The SMILES string of the molecule is COc1ccc2nccc(-n3cc4c(n3)CCC(NC(=O)C=Cc3cc([N+](=O)[O-])ccc3Cl)C4)c2n1. The monoisotopic (exact) mass is 504 g/mol. The van der Waals surface area contributed by atoms with Gasteiger partial charge in [0.25, 0.3) is 5.69 Å². The third kappa shape index (κ3) is 4.76. The molecule has 0 radical (unpaired) electrons. The van der Waals surface area contributed by atoms with Gasteiger partial charge in [0.15, 0.2) is 0 Å². The molecule has 182 valence electrons. The van der Waals surface area contributed by atoms with Crippen LogP contribution in [0.25, 0.3) is 22.8 Å². The van der Waals surface area contributed by atoms with Crippen LogP contribution in [0.5, 0.6) is 5.88 Å². The molecular weight excluding hydrogens is 484 g/mol. The Hall–Kier alpha value is -4.31. The first kappa shape index (κ1) is 23.4. The Labute approximate surface area is 210 Å². The zero-order valence-electron chi connectivity index (χ0n) is 19.2. The fourth-order valence-electron chi connectivity index (χ4n) is 4.23. The first-order chi connectivity index (χ1) is 17.4. The number of fused-ring (bicyclic) bond motifs is 2. The molecule has 5 rings (SSSR count). The van der Waals surface area contributed by atoms with Gasteiger partial charge in [0.1, 0.15) is 5.52 Å². The molecule has 1 amide bonds. The number of aryl methyl sites for hydroxylation is 1. The molecule has 36 heavy (non-hydrogen) atoms. The van der Waals surface area contributed by atoms with Gasteiger partial charge in [0.2, 0.25) is 11.8 Å². The predicted molar refractivity (Wildman–Crippen MR) is 134 cm³/mol. The molecule has 0 spiro atoms. The molecule has 0 bridgehead atoms. The average molecular weight is 505 g/mol. The topological polar surface area (TPSA) is 125 Å². The molecular formula is C25H21ClN6O4. The highest BCUT2D eigenvalue weighted by Crippen LogP contribution is 2.26. The summed E-state index contributed by atoms with van der Waals surface area (Å²) in [6, 6.07) is 9.50. The van der Waals surface area contributed by atoms with E-state index >= 15 is 0 Å². The second-order valence-electron chi connectivity index (χ2n) is 8.34. The smallest absolute Gasteiger partial charge is 0.270 e. The zero-order chi connectivity index (χ0) is 25.2.